The molecule has 27 heavy (non-hydrogen) atoms. The van der Waals surface area contributed by atoms with E-state index in [1.807, 2.05) is 19.1 Å². The van der Waals surface area contributed by atoms with Crippen LogP contribution in [0.1, 0.15) is 23.6 Å². The summed E-state index contributed by atoms with van der Waals surface area (Å²) in [5, 5.41) is 6.23. The Labute approximate surface area is 177 Å². The van der Waals surface area contributed by atoms with Crippen LogP contribution in [0.25, 0.3) is 0 Å². The highest BCUT2D eigenvalue weighted by molar-refractivity contribution is 14.0. The Hall–Kier alpha value is -1.68. The zero-order valence-corrected chi connectivity index (χ0v) is 18.6. The second-order valence-corrected chi connectivity index (χ2v) is 8.17. The summed E-state index contributed by atoms with van der Waals surface area (Å²) >= 11 is 0. The Morgan fingerprint density at radius 1 is 1.04 bits per heavy atom. The van der Waals surface area contributed by atoms with Crippen LogP contribution in [0.3, 0.4) is 0 Å². The Bertz CT molecular complexity index is 856. The SMILES string of the molecule is CCNC(=NCc1ccc(CS(C)(=O)=O)cc1)NCc1ccccc1F.I. The van der Waals surface area contributed by atoms with Gasteiger partial charge in [0.2, 0.25) is 0 Å². The number of aliphatic imine (C=N–C) groups is 1. The van der Waals surface area contributed by atoms with E-state index in [-0.39, 0.29) is 35.5 Å². The third-order valence-electron chi connectivity index (χ3n) is 3.62. The highest BCUT2D eigenvalue weighted by Gasteiger charge is 2.05. The number of hydrogen-bond acceptors (Lipinski definition) is 3. The van der Waals surface area contributed by atoms with Crippen LogP contribution < -0.4 is 10.6 Å². The second kappa shape index (κ2) is 11.2. The van der Waals surface area contributed by atoms with Crippen molar-refractivity contribution < 1.29 is 12.8 Å². The molecule has 0 atom stereocenters. The van der Waals surface area contributed by atoms with Crippen molar-refractivity contribution in [2.45, 2.75) is 25.8 Å². The fraction of sp³-hybridized carbons (Fsp3) is 0.316. The average molecular weight is 505 g/mol. The van der Waals surface area contributed by atoms with E-state index >= 15 is 0 Å². The van der Waals surface area contributed by atoms with Gasteiger partial charge in [0.25, 0.3) is 0 Å². The molecule has 5 nitrogen and oxygen atoms in total. The van der Waals surface area contributed by atoms with Crippen molar-refractivity contribution in [3.63, 3.8) is 0 Å². The summed E-state index contributed by atoms with van der Waals surface area (Å²) in [7, 11) is -3.04. The fourth-order valence-electron chi connectivity index (χ4n) is 2.38. The van der Waals surface area contributed by atoms with Gasteiger partial charge in [0, 0.05) is 24.9 Å². The Kier molecular flexibility index (Phi) is 9.71. The van der Waals surface area contributed by atoms with Crippen molar-refractivity contribution in [1.82, 2.24) is 10.6 Å². The van der Waals surface area contributed by atoms with Gasteiger partial charge < -0.3 is 10.6 Å². The van der Waals surface area contributed by atoms with E-state index in [9.17, 15) is 12.8 Å². The van der Waals surface area contributed by atoms with Crippen LogP contribution in [-0.2, 0) is 28.7 Å². The number of nitrogens with zero attached hydrogens (tertiary/aromatic N) is 1. The Morgan fingerprint density at radius 3 is 2.26 bits per heavy atom. The molecule has 0 spiro atoms. The van der Waals surface area contributed by atoms with Crippen LogP contribution in [0.2, 0.25) is 0 Å². The molecule has 2 N–H and O–H groups in total. The number of nitrogens with one attached hydrogen (secondary N) is 2. The minimum absolute atomic E-state index is 0. The molecule has 0 aliphatic carbocycles. The summed E-state index contributed by atoms with van der Waals surface area (Å²) in [6.45, 7) is 3.42. The molecule has 0 amide bonds. The van der Waals surface area contributed by atoms with Crippen LogP contribution >= 0.6 is 24.0 Å². The monoisotopic (exact) mass is 505 g/mol. The number of guanidine groups is 1. The van der Waals surface area contributed by atoms with Crippen molar-refractivity contribution in [3.8, 4) is 0 Å². The third kappa shape index (κ3) is 8.70. The number of benzene rings is 2. The molecular weight excluding hydrogens is 480 g/mol. The lowest BCUT2D eigenvalue weighted by Gasteiger charge is -2.12. The van der Waals surface area contributed by atoms with Crippen LogP contribution in [0, 0.1) is 5.82 Å². The molecule has 0 aliphatic rings. The van der Waals surface area contributed by atoms with Crippen LogP contribution in [0.5, 0.6) is 0 Å². The predicted molar refractivity (Wildman–Crippen MR) is 118 cm³/mol. The van der Waals surface area contributed by atoms with Crippen molar-refractivity contribution in [3.05, 3.63) is 71.0 Å². The van der Waals surface area contributed by atoms with Gasteiger partial charge in [-0.05, 0) is 24.1 Å². The molecule has 2 aromatic carbocycles. The summed E-state index contributed by atoms with van der Waals surface area (Å²) in [5.41, 5.74) is 2.29. The molecule has 0 unspecified atom stereocenters. The van der Waals surface area contributed by atoms with Gasteiger partial charge in [-0.15, -0.1) is 24.0 Å². The molecule has 0 aromatic heterocycles. The smallest absolute Gasteiger partial charge is 0.191 e. The maximum atomic E-state index is 13.7. The largest absolute Gasteiger partial charge is 0.357 e. The molecule has 0 aliphatic heterocycles. The molecule has 0 bridgehead atoms. The van der Waals surface area contributed by atoms with E-state index in [1.165, 1.54) is 12.3 Å². The van der Waals surface area contributed by atoms with E-state index in [2.05, 4.69) is 15.6 Å². The minimum atomic E-state index is -3.04. The van der Waals surface area contributed by atoms with Gasteiger partial charge >= 0.3 is 0 Å². The summed E-state index contributed by atoms with van der Waals surface area (Å²) in [6.07, 6.45) is 1.22. The summed E-state index contributed by atoms with van der Waals surface area (Å²) in [6, 6.07) is 13.9. The molecule has 0 radical (unpaired) electrons. The molecule has 2 aromatic rings. The Morgan fingerprint density at radius 2 is 1.67 bits per heavy atom. The summed E-state index contributed by atoms with van der Waals surface area (Å²) in [5.74, 6) is 0.372. The van der Waals surface area contributed by atoms with Gasteiger partial charge in [-0.2, -0.15) is 0 Å². The zero-order chi connectivity index (χ0) is 19.0. The quantitative estimate of drug-likeness (QED) is 0.345. The van der Waals surface area contributed by atoms with Crippen LogP contribution in [-0.4, -0.2) is 27.2 Å². The van der Waals surface area contributed by atoms with Crippen LogP contribution in [0.15, 0.2) is 53.5 Å². The molecular formula is C19H25FIN3O2S. The molecule has 0 saturated heterocycles. The number of rotatable bonds is 7. The zero-order valence-electron chi connectivity index (χ0n) is 15.4. The number of hydrogen-bond donors (Lipinski definition) is 2. The van der Waals surface area contributed by atoms with E-state index in [1.54, 1.807) is 30.3 Å². The topological polar surface area (TPSA) is 70.6 Å². The standard InChI is InChI=1S/C19H24FN3O2S.HI/c1-3-21-19(23-13-17-6-4-5-7-18(17)20)22-12-15-8-10-16(11-9-15)14-26(2,24)25;/h4-11H,3,12-14H2,1-2H3,(H2,21,22,23);1H. The number of halogens is 2. The molecule has 2 rings (SSSR count). The first-order valence-electron chi connectivity index (χ1n) is 8.38. The first-order valence-corrected chi connectivity index (χ1v) is 10.4. The predicted octanol–water partition coefficient (Wildman–Crippen LogP) is 3.24. The summed E-state index contributed by atoms with van der Waals surface area (Å²) in [4.78, 5) is 4.49. The van der Waals surface area contributed by atoms with Crippen molar-refractivity contribution in [2.75, 3.05) is 12.8 Å². The lowest BCUT2D eigenvalue weighted by atomic mass is 10.1. The normalized spacial score (nSPS) is 11.6. The van der Waals surface area contributed by atoms with Gasteiger partial charge in [0.15, 0.2) is 15.8 Å². The molecule has 0 saturated carbocycles. The molecule has 148 valence electrons. The highest BCUT2D eigenvalue weighted by atomic mass is 127. The summed E-state index contributed by atoms with van der Waals surface area (Å²) < 4.78 is 36.3. The van der Waals surface area contributed by atoms with E-state index in [0.29, 0.717) is 31.2 Å². The first-order chi connectivity index (χ1) is 12.4. The van der Waals surface area contributed by atoms with E-state index in [0.717, 1.165) is 11.1 Å². The molecule has 0 heterocycles. The van der Waals surface area contributed by atoms with E-state index in [4.69, 9.17) is 0 Å². The van der Waals surface area contributed by atoms with Gasteiger partial charge in [0.05, 0.1) is 12.3 Å². The van der Waals surface area contributed by atoms with Gasteiger partial charge in [-0.1, -0.05) is 42.5 Å². The van der Waals surface area contributed by atoms with Crippen molar-refractivity contribution >= 4 is 39.8 Å². The van der Waals surface area contributed by atoms with Gasteiger partial charge in [-0.3, -0.25) is 0 Å². The van der Waals surface area contributed by atoms with E-state index < -0.39 is 9.84 Å². The molecule has 8 heteroatoms. The highest BCUT2D eigenvalue weighted by Crippen LogP contribution is 2.09. The second-order valence-electron chi connectivity index (χ2n) is 6.03. The average Bonchev–Trinajstić information content (AvgIpc) is 2.58. The third-order valence-corrected chi connectivity index (χ3v) is 4.48. The minimum Gasteiger partial charge on any atom is -0.357 e. The number of sulfone groups is 1. The van der Waals surface area contributed by atoms with Crippen LogP contribution in [0.4, 0.5) is 4.39 Å². The Balaban J connectivity index is 0.00000364. The van der Waals surface area contributed by atoms with Gasteiger partial charge in [0.1, 0.15) is 5.82 Å². The van der Waals surface area contributed by atoms with Crippen molar-refractivity contribution in [1.29, 1.82) is 0 Å². The van der Waals surface area contributed by atoms with Gasteiger partial charge in [-0.25, -0.2) is 17.8 Å². The lowest BCUT2D eigenvalue weighted by Crippen LogP contribution is -2.37. The fourth-order valence-corrected chi connectivity index (χ4v) is 3.17. The van der Waals surface area contributed by atoms with Crippen molar-refractivity contribution in [2.24, 2.45) is 4.99 Å². The maximum Gasteiger partial charge on any atom is 0.191 e. The molecule has 0 fully saturated rings. The lowest BCUT2D eigenvalue weighted by molar-refractivity contribution is 0.601. The maximum absolute atomic E-state index is 13.7. The first kappa shape index (κ1) is 23.4.